The predicted octanol–water partition coefficient (Wildman–Crippen LogP) is 3.27. The molecule has 0 bridgehead atoms. The van der Waals surface area contributed by atoms with Crippen molar-refractivity contribution in [1.82, 2.24) is 15.1 Å². The van der Waals surface area contributed by atoms with E-state index in [-0.39, 0.29) is 43.1 Å². The molecule has 0 radical (unpaired) electrons. The van der Waals surface area contributed by atoms with E-state index >= 15 is 0 Å². The minimum Gasteiger partial charge on any atom is -0.355 e. The van der Waals surface area contributed by atoms with Crippen LogP contribution in [0.15, 0.2) is 48.5 Å². The topological polar surface area (TPSA) is 86.8 Å². The number of amides is 4. The summed E-state index contributed by atoms with van der Waals surface area (Å²) >= 11 is 5.95. The summed E-state index contributed by atoms with van der Waals surface area (Å²) in [7, 11) is 0. The molecule has 0 saturated carbocycles. The van der Waals surface area contributed by atoms with Crippen LogP contribution in [0.25, 0.3) is 0 Å². The number of benzene rings is 2. The van der Waals surface area contributed by atoms with Crippen LogP contribution >= 0.6 is 11.6 Å². The van der Waals surface area contributed by atoms with Crippen LogP contribution in [0, 0.1) is 0 Å². The van der Waals surface area contributed by atoms with Gasteiger partial charge in [-0.3, -0.25) is 24.1 Å². The molecule has 3 rings (SSSR count). The molecule has 1 N–H and O–H groups in total. The monoisotopic (exact) mass is 455 g/mol. The van der Waals surface area contributed by atoms with Crippen LogP contribution in [0.1, 0.15) is 53.0 Å². The van der Waals surface area contributed by atoms with Gasteiger partial charge in [0.05, 0.1) is 11.1 Å². The number of fused-ring (bicyclic) bond motifs is 1. The molecule has 2 aromatic rings. The van der Waals surface area contributed by atoms with Crippen LogP contribution in [-0.2, 0) is 16.1 Å². The Morgan fingerprint density at radius 1 is 1.03 bits per heavy atom. The number of halogens is 1. The first kappa shape index (κ1) is 23.5. The number of nitrogens with zero attached hydrogens (tertiary/aromatic N) is 2. The highest BCUT2D eigenvalue weighted by molar-refractivity contribution is 6.30. The first-order valence-corrected chi connectivity index (χ1v) is 11.0. The third-order valence-corrected chi connectivity index (χ3v) is 5.69. The van der Waals surface area contributed by atoms with Gasteiger partial charge in [-0.15, -0.1) is 0 Å². The molecule has 168 valence electrons. The van der Waals surface area contributed by atoms with Gasteiger partial charge in [-0.1, -0.05) is 35.9 Å². The largest absolute Gasteiger partial charge is 0.355 e. The van der Waals surface area contributed by atoms with Gasteiger partial charge in [-0.25, -0.2) is 0 Å². The summed E-state index contributed by atoms with van der Waals surface area (Å²) < 4.78 is 0. The average molecular weight is 456 g/mol. The Balaban J connectivity index is 1.65. The third-order valence-electron chi connectivity index (χ3n) is 5.44. The second-order valence-corrected chi connectivity index (χ2v) is 8.07. The minimum atomic E-state index is -0.669. The molecule has 0 unspecified atom stereocenters. The van der Waals surface area contributed by atoms with E-state index in [1.165, 1.54) is 9.80 Å². The zero-order valence-corrected chi connectivity index (χ0v) is 18.9. The van der Waals surface area contributed by atoms with Crippen LogP contribution in [-0.4, -0.2) is 52.6 Å². The standard InChI is InChI=1S/C24H26ClN3O4/c1-3-26-22(30)16(2)28(15-17-10-12-18(25)13-11-17)21(29)9-6-14-27-23(31)19-7-4-5-8-20(19)24(27)32/h4-5,7-8,10-13,16H,3,6,9,14-15H2,1-2H3,(H,26,30)/t16-/m1/s1. The Hall–Kier alpha value is -3.19. The Bertz CT molecular complexity index is 987. The molecule has 0 fully saturated rings. The Morgan fingerprint density at radius 2 is 1.62 bits per heavy atom. The van der Waals surface area contributed by atoms with E-state index in [0.717, 1.165) is 5.56 Å². The van der Waals surface area contributed by atoms with E-state index in [9.17, 15) is 19.2 Å². The number of imide groups is 1. The number of carbonyl (C=O) groups is 4. The highest BCUT2D eigenvalue weighted by Gasteiger charge is 2.35. The van der Waals surface area contributed by atoms with E-state index in [2.05, 4.69) is 5.32 Å². The molecule has 0 saturated heterocycles. The summed E-state index contributed by atoms with van der Waals surface area (Å²) in [5, 5.41) is 3.33. The number of nitrogens with one attached hydrogen (secondary N) is 1. The average Bonchev–Trinajstić information content (AvgIpc) is 3.03. The number of rotatable bonds is 9. The lowest BCUT2D eigenvalue weighted by Crippen LogP contribution is -2.47. The van der Waals surface area contributed by atoms with Crippen molar-refractivity contribution in [3.05, 3.63) is 70.2 Å². The lowest BCUT2D eigenvalue weighted by molar-refractivity contribution is -0.140. The molecule has 32 heavy (non-hydrogen) atoms. The van der Waals surface area contributed by atoms with Crippen molar-refractivity contribution < 1.29 is 19.2 Å². The van der Waals surface area contributed by atoms with Gasteiger partial charge in [-0.2, -0.15) is 0 Å². The van der Waals surface area contributed by atoms with Crippen molar-refractivity contribution in [3.63, 3.8) is 0 Å². The van der Waals surface area contributed by atoms with Crippen LogP contribution in [0.3, 0.4) is 0 Å². The number of likely N-dealkylation sites (N-methyl/N-ethyl adjacent to an activating group) is 1. The van der Waals surface area contributed by atoms with Gasteiger partial charge in [0.25, 0.3) is 11.8 Å². The van der Waals surface area contributed by atoms with Crippen molar-refractivity contribution in [2.75, 3.05) is 13.1 Å². The normalized spacial score (nSPS) is 13.7. The lowest BCUT2D eigenvalue weighted by Gasteiger charge is -2.29. The van der Waals surface area contributed by atoms with Gasteiger partial charge in [-0.05, 0) is 50.1 Å². The second kappa shape index (κ2) is 10.4. The maximum absolute atomic E-state index is 13.1. The van der Waals surface area contributed by atoms with Crippen LogP contribution in [0.2, 0.25) is 5.02 Å². The number of hydrogen-bond donors (Lipinski definition) is 1. The molecule has 1 atom stereocenters. The molecule has 4 amide bonds. The van der Waals surface area contributed by atoms with E-state index in [1.54, 1.807) is 43.3 Å². The van der Waals surface area contributed by atoms with Crippen molar-refractivity contribution in [2.45, 2.75) is 39.3 Å². The molecular formula is C24H26ClN3O4. The van der Waals surface area contributed by atoms with Gasteiger partial charge >= 0.3 is 0 Å². The van der Waals surface area contributed by atoms with Crippen LogP contribution in [0.4, 0.5) is 0 Å². The fraction of sp³-hybridized carbons (Fsp3) is 0.333. The Morgan fingerprint density at radius 3 is 2.19 bits per heavy atom. The molecule has 1 aliphatic heterocycles. The SMILES string of the molecule is CCNC(=O)[C@@H](C)N(Cc1ccc(Cl)cc1)C(=O)CCCN1C(=O)c2ccccc2C1=O. The van der Waals surface area contributed by atoms with Gasteiger partial charge in [0.1, 0.15) is 6.04 Å². The molecule has 0 spiro atoms. The van der Waals surface area contributed by atoms with E-state index < -0.39 is 6.04 Å². The zero-order chi connectivity index (χ0) is 23.3. The fourth-order valence-corrected chi connectivity index (χ4v) is 3.79. The quantitative estimate of drug-likeness (QED) is 0.588. The molecule has 8 heteroatoms. The molecule has 0 aromatic heterocycles. The maximum atomic E-state index is 13.1. The van der Waals surface area contributed by atoms with Crippen LogP contribution in [0.5, 0.6) is 0 Å². The van der Waals surface area contributed by atoms with Crippen LogP contribution < -0.4 is 5.32 Å². The van der Waals surface area contributed by atoms with Crippen molar-refractivity contribution in [3.8, 4) is 0 Å². The highest BCUT2D eigenvalue weighted by Crippen LogP contribution is 2.23. The number of carbonyl (C=O) groups excluding carboxylic acids is 4. The smallest absolute Gasteiger partial charge is 0.261 e. The third kappa shape index (κ3) is 5.16. The molecule has 1 heterocycles. The van der Waals surface area contributed by atoms with Crippen molar-refractivity contribution in [1.29, 1.82) is 0 Å². The van der Waals surface area contributed by atoms with E-state index in [4.69, 9.17) is 11.6 Å². The Kier molecular flexibility index (Phi) is 7.64. The molecule has 2 aromatic carbocycles. The van der Waals surface area contributed by atoms with Gasteiger partial charge in [0, 0.05) is 31.1 Å². The highest BCUT2D eigenvalue weighted by atomic mass is 35.5. The summed E-state index contributed by atoms with van der Waals surface area (Å²) in [6, 6.07) is 13.1. The Labute approximate surface area is 192 Å². The maximum Gasteiger partial charge on any atom is 0.261 e. The van der Waals surface area contributed by atoms with Crippen molar-refractivity contribution >= 4 is 35.2 Å². The lowest BCUT2D eigenvalue weighted by atomic mass is 10.1. The predicted molar refractivity (Wildman–Crippen MR) is 121 cm³/mol. The fourth-order valence-electron chi connectivity index (χ4n) is 3.67. The summed E-state index contributed by atoms with van der Waals surface area (Å²) in [5.41, 5.74) is 1.62. The molecule has 1 aliphatic rings. The van der Waals surface area contributed by atoms with E-state index in [1.807, 2.05) is 19.1 Å². The number of hydrogen-bond acceptors (Lipinski definition) is 4. The van der Waals surface area contributed by atoms with E-state index in [0.29, 0.717) is 29.1 Å². The van der Waals surface area contributed by atoms with Gasteiger partial charge in [0.15, 0.2) is 0 Å². The summed E-state index contributed by atoms with van der Waals surface area (Å²) in [6.07, 6.45) is 0.411. The molecular weight excluding hydrogens is 430 g/mol. The second-order valence-electron chi connectivity index (χ2n) is 7.63. The summed E-state index contributed by atoms with van der Waals surface area (Å²) in [4.78, 5) is 53.1. The summed E-state index contributed by atoms with van der Waals surface area (Å²) in [5.74, 6) is -1.15. The molecule has 7 nitrogen and oxygen atoms in total. The summed E-state index contributed by atoms with van der Waals surface area (Å²) in [6.45, 7) is 4.36. The molecule has 0 aliphatic carbocycles. The first-order chi connectivity index (χ1) is 15.3. The van der Waals surface area contributed by atoms with Gasteiger partial charge in [0.2, 0.25) is 11.8 Å². The van der Waals surface area contributed by atoms with Gasteiger partial charge < -0.3 is 10.2 Å². The first-order valence-electron chi connectivity index (χ1n) is 10.6. The zero-order valence-electron chi connectivity index (χ0n) is 18.1. The van der Waals surface area contributed by atoms with Crippen molar-refractivity contribution in [2.24, 2.45) is 0 Å². The minimum absolute atomic E-state index is 0.102.